The summed E-state index contributed by atoms with van der Waals surface area (Å²) < 4.78 is 5.01. The van der Waals surface area contributed by atoms with Gasteiger partial charge in [0.05, 0.1) is 13.3 Å². The molecule has 1 aromatic rings. The van der Waals surface area contributed by atoms with Crippen molar-refractivity contribution in [1.29, 1.82) is 0 Å². The number of benzene rings is 1. The average molecular weight is 230 g/mol. The van der Waals surface area contributed by atoms with Gasteiger partial charge in [-0.05, 0) is 29.8 Å². The van der Waals surface area contributed by atoms with Crippen molar-refractivity contribution in [2.75, 3.05) is 7.11 Å². The molecule has 86 valence electrons. The molecule has 0 N–H and O–H groups in total. The number of methoxy groups -OCH3 is 1. The number of amides is 2. The number of hydrazone groups is 1. The number of ether oxygens (including phenoxy) is 1. The molecule has 0 atom stereocenters. The van der Waals surface area contributed by atoms with Crippen LogP contribution in [0.25, 0.3) is 0 Å². The van der Waals surface area contributed by atoms with Gasteiger partial charge in [0.2, 0.25) is 0 Å². The van der Waals surface area contributed by atoms with Crippen molar-refractivity contribution in [2.24, 2.45) is 5.10 Å². The van der Waals surface area contributed by atoms with Crippen LogP contribution >= 0.6 is 0 Å². The molecular weight excluding hydrogens is 220 g/mol. The zero-order valence-electron chi connectivity index (χ0n) is 9.16. The predicted octanol–water partition coefficient (Wildman–Crippen LogP) is 0.954. The Kier molecular flexibility index (Phi) is 3.00. The van der Waals surface area contributed by atoms with E-state index in [1.165, 1.54) is 18.4 Å². The molecule has 0 unspecified atom stereocenters. The van der Waals surface area contributed by atoms with Crippen molar-refractivity contribution in [3.63, 3.8) is 0 Å². The van der Waals surface area contributed by atoms with Crippen LogP contribution in [0.3, 0.4) is 0 Å². The van der Waals surface area contributed by atoms with Crippen LogP contribution in [0.4, 0.5) is 0 Å². The van der Waals surface area contributed by atoms with Gasteiger partial charge in [-0.3, -0.25) is 9.59 Å². The van der Waals surface area contributed by atoms with Gasteiger partial charge in [-0.25, -0.2) is 0 Å². The van der Waals surface area contributed by atoms with Gasteiger partial charge in [-0.1, -0.05) is 0 Å². The van der Waals surface area contributed by atoms with Crippen molar-refractivity contribution in [3.05, 3.63) is 42.0 Å². The second-order valence-electron chi connectivity index (χ2n) is 3.34. The zero-order valence-corrected chi connectivity index (χ0v) is 9.16. The van der Waals surface area contributed by atoms with E-state index in [0.717, 1.165) is 16.3 Å². The van der Waals surface area contributed by atoms with E-state index in [1.807, 2.05) is 0 Å². The first-order valence-electron chi connectivity index (χ1n) is 4.95. The van der Waals surface area contributed by atoms with Crippen LogP contribution in [0.1, 0.15) is 5.56 Å². The fourth-order valence-corrected chi connectivity index (χ4v) is 1.32. The molecule has 0 radical (unpaired) electrons. The van der Waals surface area contributed by atoms with E-state index in [9.17, 15) is 9.59 Å². The number of hydrogen-bond acceptors (Lipinski definition) is 4. The van der Waals surface area contributed by atoms with Crippen molar-refractivity contribution in [2.45, 2.75) is 0 Å². The summed E-state index contributed by atoms with van der Waals surface area (Å²) in [4.78, 5) is 22.4. The van der Waals surface area contributed by atoms with Crippen molar-refractivity contribution < 1.29 is 14.3 Å². The Balaban J connectivity index is 2.10. The molecule has 2 amide bonds. The highest BCUT2D eigenvalue weighted by Crippen LogP contribution is 2.10. The molecule has 0 aliphatic carbocycles. The summed E-state index contributed by atoms with van der Waals surface area (Å²) in [6.45, 7) is 0. The lowest BCUT2D eigenvalue weighted by molar-refractivity contribution is -0.136. The van der Waals surface area contributed by atoms with Crippen LogP contribution in [0, 0.1) is 0 Å². The number of hydrogen-bond donors (Lipinski definition) is 0. The standard InChI is InChI=1S/C12H10N2O3/c1-17-10-4-2-9(3-5-10)8-13-14-11(15)6-7-12(14)16/h2-8H,1H3. The highest BCUT2D eigenvalue weighted by atomic mass is 16.5. The number of carbonyl (C=O) groups is 2. The monoisotopic (exact) mass is 230 g/mol. The van der Waals surface area contributed by atoms with Gasteiger partial charge in [-0.2, -0.15) is 10.1 Å². The van der Waals surface area contributed by atoms with Crippen LogP contribution in [-0.2, 0) is 9.59 Å². The summed E-state index contributed by atoms with van der Waals surface area (Å²) in [5.74, 6) is -0.128. The molecule has 0 aromatic heterocycles. The Hall–Kier alpha value is -2.43. The largest absolute Gasteiger partial charge is 0.497 e. The fourth-order valence-electron chi connectivity index (χ4n) is 1.32. The third-order valence-electron chi connectivity index (χ3n) is 2.22. The summed E-state index contributed by atoms with van der Waals surface area (Å²) in [7, 11) is 1.58. The smallest absolute Gasteiger partial charge is 0.274 e. The fraction of sp³-hybridized carbons (Fsp3) is 0.0833. The minimum absolute atomic E-state index is 0.431. The van der Waals surface area contributed by atoms with E-state index in [1.54, 1.807) is 31.4 Å². The maximum Gasteiger partial charge on any atom is 0.274 e. The minimum atomic E-state index is -0.431. The van der Waals surface area contributed by atoms with Crippen molar-refractivity contribution in [1.82, 2.24) is 5.01 Å². The number of imide groups is 1. The molecule has 5 heteroatoms. The Labute approximate surface area is 98.0 Å². The summed E-state index contributed by atoms with van der Waals surface area (Å²) in [5, 5.41) is 4.63. The highest BCUT2D eigenvalue weighted by Gasteiger charge is 2.22. The third kappa shape index (κ3) is 2.39. The van der Waals surface area contributed by atoms with E-state index in [-0.39, 0.29) is 0 Å². The van der Waals surface area contributed by atoms with E-state index in [4.69, 9.17) is 4.74 Å². The normalized spacial score (nSPS) is 15.0. The van der Waals surface area contributed by atoms with E-state index in [2.05, 4.69) is 5.10 Å². The first kappa shape index (κ1) is 11.1. The molecule has 0 bridgehead atoms. The molecule has 1 aliphatic rings. The van der Waals surface area contributed by atoms with Gasteiger partial charge in [0.25, 0.3) is 11.8 Å². The maximum atomic E-state index is 11.2. The molecule has 0 saturated heterocycles. The first-order chi connectivity index (χ1) is 8.20. The molecule has 0 saturated carbocycles. The summed E-state index contributed by atoms with van der Waals surface area (Å²) in [6, 6.07) is 7.10. The van der Waals surface area contributed by atoms with Crippen LogP contribution in [0.15, 0.2) is 41.5 Å². The minimum Gasteiger partial charge on any atom is -0.497 e. The summed E-state index contributed by atoms with van der Waals surface area (Å²) in [6.07, 6.45) is 3.82. The number of nitrogens with zero attached hydrogens (tertiary/aromatic N) is 2. The topological polar surface area (TPSA) is 59.0 Å². The second-order valence-corrected chi connectivity index (χ2v) is 3.34. The van der Waals surface area contributed by atoms with Crippen molar-refractivity contribution >= 4 is 18.0 Å². The predicted molar refractivity (Wildman–Crippen MR) is 61.6 cm³/mol. The summed E-state index contributed by atoms with van der Waals surface area (Å²) in [5.41, 5.74) is 0.776. The Morgan fingerprint density at radius 1 is 1.12 bits per heavy atom. The zero-order chi connectivity index (χ0) is 12.3. The second kappa shape index (κ2) is 4.61. The lowest BCUT2D eigenvalue weighted by Gasteiger charge is -2.05. The molecule has 0 fully saturated rings. The lowest BCUT2D eigenvalue weighted by Crippen LogP contribution is -2.24. The molecule has 1 aliphatic heterocycles. The van der Waals surface area contributed by atoms with Gasteiger partial charge in [0.1, 0.15) is 5.75 Å². The molecule has 5 nitrogen and oxygen atoms in total. The van der Waals surface area contributed by atoms with E-state index < -0.39 is 11.8 Å². The van der Waals surface area contributed by atoms with Crippen LogP contribution in [0.2, 0.25) is 0 Å². The van der Waals surface area contributed by atoms with Gasteiger partial charge in [0.15, 0.2) is 0 Å². The number of rotatable bonds is 3. The van der Waals surface area contributed by atoms with Gasteiger partial charge >= 0.3 is 0 Å². The quantitative estimate of drug-likeness (QED) is 0.574. The Bertz CT molecular complexity index is 485. The molecule has 1 heterocycles. The van der Waals surface area contributed by atoms with Gasteiger partial charge in [-0.15, -0.1) is 0 Å². The van der Waals surface area contributed by atoms with Crippen LogP contribution in [-0.4, -0.2) is 30.1 Å². The summed E-state index contributed by atoms with van der Waals surface area (Å²) >= 11 is 0. The third-order valence-corrected chi connectivity index (χ3v) is 2.22. The Morgan fingerprint density at radius 2 is 1.71 bits per heavy atom. The molecule has 17 heavy (non-hydrogen) atoms. The lowest BCUT2D eigenvalue weighted by atomic mass is 10.2. The average Bonchev–Trinajstić information content (AvgIpc) is 2.67. The van der Waals surface area contributed by atoms with Gasteiger partial charge in [0, 0.05) is 12.2 Å². The van der Waals surface area contributed by atoms with E-state index in [0.29, 0.717) is 0 Å². The Morgan fingerprint density at radius 3 is 2.24 bits per heavy atom. The first-order valence-corrected chi connectivity index (χ1v) is 4.95. The number of carbonyl (C=O) groups excluding carboxylic acids is 2. The molecular formula is C12H10N2O3. The van der Waals surface area contributed by atoms with Crippen LogP contribution < -0.4 is 4.74 Å². The van der Waals surface area contributed by atoms with Crippen LogP contribution in [0.5, 0.6) is 5.75 Å². The molecule has 2 rings (SSSR count). The van der Waals surface area contributed by atoms with E-state index >= 15 is 0 Å². The van der Waals surface area contributed by atoms with Gasteiger partial charge < -0.3 is 4.74 Å². The molecule has 1 aromatic carbocycles. The highest BCUT2D eigenvalue weighted by molar-refractivity contribution is 6.13. The maximum absolute atomic E-state index is 11.2. The SMILES string of the molecule is COc1ccc(C=NN2C(=O)C=CC2=O)cc1. The van der Waals surface area contributed by atoms with Crippen molar-refractivity contribution in [3.8, 4) is 5.75 Å². The molecule has 0 spiro atoms.